The first kappa shape index (κ1) is 17.3. The summed E-state index contributed by atoms with van der Waals surface area (Å²) in [5.41, 5.74) is 0.705. The van der Waals surface area contributed by atoms with E-state index in [1.807, 2.05) is 6.92 Å². The summed E-state index contributed by atoms with van der Waals surface area (Å²) in [4.78, 5) is 19.9. The van der Waals surface area contributed by atoms with Gasteiger partial charge in [0.1, 0.15) is 0 Å². The summed E-state index contributed by atoms with van der Waals surface area (Å²) < 4.78 is 35.0. The smallest absolute Gasteiger partial charge is 0.395 e. The van der Waals surface area contributed by atoms with E-state index in [4.69, 9.17) is 11.6 Å². The fourth-order valence-corrected chi connectivity index (χ4v) is 2.49. The van der Waals surface area contributed by atoms with Crippen molar-refractivity contribution in [2.45, 2.75) is 32.5 Å². The number of hydrogen-bond acceptors (Lipinski definition) is 5. The molecule has 6 nitrogen and oxygen atoms in total. The molecular formula is C16H14ClF2N3O3. The summed E-state index contributed by atoms with van der Waals surface area (Å²) in [5.74, 6) is -0.129. The summed E-state index contributed by atoms with van der Waals surface area (Å²) in [6.45, 7) is 1.99. The third-order valence-electron chi connectivity index (χ3n) is 3.44. The van der Waals surface area contributed by atoms with Crippen LogP contribution in [0.5, 0.6) is 11.5 Å². The first-order valence-electron chi connectivity index (χ1n) is 7.59. The number of nitrogens with one attached hydrogen (secondary N) is 1. The maximum atomic E-state index is 13.1. The molecule has 1 aliphatic rings. The lowest BCUT2D eigenvalue weighted by atomic mass is 10.1. The maximum Gasteiger partial charge on any atom is 0.586 e. The molecule has 2 heterocycles. The Morgan fingerprint density at radius 3 is 2.60 bits per heavy atom. The second-order valence-corrected chi connectivity index (χ2v) is 5.79. The minimum absolute atomic E-state index is 0.136. The number of aromatic nitrogens is 2. The highest BCUT2D eigenvalue weighted by Gasteiger charge is 2.43. The number of alkyl halides is 2. The lowest BCUT2D eigenvalue weighted by Gasteiger charge is -2.07. The molecule has 0 fully saturated rings. The summed E-state index contributed by atoms with van der Waals surface area (Å²) >= 11 is 6.10. The van der Waals surface area contributed by atoms with Crippen molar-refractivity contribution in [3.8, 4) is 22.8 Å². The van der Waals surface area contributed by atoms with Crippen molar-refractivity contribution in [2.24, 2.45) is 0 Å². The van der Waals surface area contributed by atoms with Gasteiger partial charge in [0.25, 0.3) is 0 Å². The fourth-order valence-electron chi connectivity index (χ4n) is 2.24. The molecule has 0 radical (unpaired) electrons. The van der Waals surface area contributed by atoms with Crippen LogP contribution in [-0.4, -0.2) is 22.2 Å². The third-order valence-corrected chi connectivity index (χ3v) is 3.76. The van der Waals surface area contributed by atoms with Gasteiger partial charge in [-0.15, -0.1) is 8.78 Å². The van der Waals surface area contributed by atoms with Crippen LogP contribution in [0, 0.1) is 0 Å². The molecule has 1 N–H and O–H groups in total. The molecule has 0 saturated heterocycles. The number of benzene rings is 1. The molecule has 132 valence electrons. The number of nitrogens with zero attached hydrogens (tertiary/aromatic N) is 2. The Hall–Kier alpha value is -2.48. The average Bonchev–Trinajstić information content (AvgIpc) is 2.86. The SMILES string of the molecule is CCCCC(=O)Nc1cnc(-c2cc3c(cc2Cl)OC(F)(F)O3)cn1. The number of hydrogen-bond donors (Lipinski definition) is 1. The van der Waals surface area contributed by atoms with E-state index in [2.05, 4.69) is 24.8 Å². The van der Waals surface area contributed by atoms with Gasteiger partial charge in [-0.1, -0.05) is 24.9 Å². The van der Waals surface area contributed by atoms with Gasteiger partial charge in [-0.25, -0.2) is 4.98 Å². The molecule has 9 heteroatoms. The number of rotatable bonds is 5. The van der Waals surface area contributed by atoms with Crippen LogP contribution in [0.25, 0.3) is 11.3 Å². The molecule has 1 aromatic carbocycles. The number of halogens is 3. The number of amides is 1. The van der Waals surface area contributed by atoms with E-state index in [-0.39, 0.29) is 22.4 Å². The monoisotopic (exact) mass is 369 g/mol. The molecule has 1 aromatic heterocycles. The van der Waals surface area contributed by atoms with Crippen LogP contribution >= 0.6 is 11.6 Å². The van der Waals surface area contributed by atoms with Gasteiger partial charge in [0.15, 0.2) is 17.3 Å². The van der Waals surface area contributed by atoms with E-state index >= 15 is 0 Å². The van der Waals surface area contributed by atoms with Gasteiger partial charge >= 0.3 is 6.29 Å². The topological polar surface area (TPSA) is 73.3 Å². The second kappa shape index (κ2) is 6.79. The molecule has 0 atom stereocenters. The molecule has 2 aromatic rings. The van der Waals surface area contributed by atoms with E-state index in [0.29, 0.717) is 23.5 Å². The lowest BCUT2D eigenvalue weighted by Crippen LogP contribution is -2.25. The predicted octanol–water partition coefficient (Wildman–Crippen LogP) is 4.25. The van der Waals surface area contributed by atoms with Gasteiger partial charge in [0.2, 0.25) is 5.91 Å². The van der Waals surface area contributed by atoms with Crippen molar-refractivity contribution >= 4 is 23.3 Å². The van der Waals surface area contributed by atoms with E-state index < -0.39 is 6.29 Å². The summed E-state index contributed by atoms with van der Waals surface area (Å²) in [6, 6.07) is 2.54. The Kier molecular flexibility index (Phi) is 4.71. The van der Waals surface area contributed by atoms with Crippen molar-refractivity contribution in [2.75, 3.05) is 5.32 Å². The van der Waals surface area contributed by atoms with E-state index in [9.17, 15) is 13.6 Å². The molecule has 3 rings (SSSR count). The third kappa shape index (κ3) is 3.96. The van der Waals surface area contributed by atoms with Gasteiger partial charge in [-0.3, -0.25) is 9.78 Å². The van der Waals surface area contributed by atoms with Crippen LogP contribution < -0.4 is 14.8 Å². The van der Waals surface area contributed by atoms with Gasteiger partial charge < -0.3 is 14.8 Å². The zero-order chi connectivity index (χ0) is 18.0. The first-order chi connectivity index (χ1) is 11.9. The number of carbonyl (C=O) groups is 1. The molecule has 25 heavy (non-hydrogen) atoms. The maximum absolute atomic E-state index is 13.1. The molecular weight excluding hydrogens is 356 g/mol. The van der Waals surface area contributed by atoms with Crippen LogP contribution in [0.4, 0.5) is 14.6 Å². The Bertz CT molecular complexity index is 800. The minimum Gasteiger partial charge on any atom is -0.395 e. The normalized spacial score (nSPS) is 14.4. The van der Waals surface area contributed by atoms with Crippen LogP contribution in [-0.2, 0) is 4.79 Å². The quantitative estimate of drug-likeness (QED) is 0.853. The van der Waals surface area contributed by atoms with Crippen molar-refractivity contribution in [3.63, 3.8) is 0 Å². The number of unbranched alkanes of at least 4 members (excludes halogenated alkanes) is 1. The Morgan fingerprint density at radius 2 is 1.96 bits per heavy atom. The molecule has 0 spiro atoms. The number of fused-ring (bicyclic) bond motifs is 1. The largest absolute Gasteiger partial charge is 0.586 e. The van der Waals surface area contributed by atoms with Crippen LogP contribution in [0.1, 0.15) is 26.2 Å². The predicted molar refractivity (Wildman–Crippen MR) is 86.8 cm³/mol. The lowest BCUT2D eigenvalue weighted by molar-refractivity contribution is -0.286. The Morgan fingerprint density at radius 1 is 1.24 bits per heavy atom. The average molecular weight is 370 g/mol. The van der Waals surface area contributed by atoms with E-state index in [1.165, 1.54) is 24.5 Å². The van der Waals surface area contributed by atoms with Gasteiger partial charge in [-0.2, -0.15) is 0 Å². The van der Waals surface area contributed by atoms with E-state index in [1.54, 1.807) is 0 Å². The molecule has 0 saturated carbocycles. The highest BCUT2D eigenvalue weighted by molar-refractivity contribution is 6.33. The standard InChI is InChI=1S/C16H14ClF2N3O3/c1-2-3-4-15(23)22-14-8-20-11(7-21-14)9-5-12-13(6-10(9)17)25-16(18,19)24-12/h5-8H,2-4H2,1H3,(H,21,22,23). The van der Waals surface area contributed by atoms with E-state index in [0.717, 1.165) is 12.8 Å². The zero-order valence-electron chi connectivity index (χ0n) is 13.2. The van der Waals surface area contributed by atoms with Crippen LogP contribution in [0.2, 0.25) is 5.02 Å². The molecule has 0 unspecified atom stereocenters. The highest BCUT2D eigenvalue weighted by atomic mass is 35.5. The summed E-state index contributed by atoms with van der Waals surface area (Å²) in [5, 5.41) is 2.79. The van der Waals surface area contributed by atoms with Crippen molar-refractivity contribution in [1.29, 1.82) is 0 Å². The number of anilines is 1. The highest BCUT2D eigenvalue weighted by Crippen LogP contribution is 2.45. The summed E-state index contributed by atoms with van der Waals surface area (Å²) in [6.07, 6.45) is 1.14. The Labute approximate surface area is 147 Å². The first-order valence-corrected chi connectivity index (χ1v) is 7.97. The Balaban J connectivity index is 1.78. The summed E-state index contributed by atoms with van der Waals surface area (Å²) in [7, 11) is 0. The van der Waals surface area contributed by atoms with Crippen molar-refractivity contribution < 1.29 is 23.0 Å². The van der Waals surface area contributed by atoms with Crippen LogP contribution in [0.15, 0.2) is 24.5 Å². The number of carbonyl (C=O) groups excluding carboxylic acids is 1. The molecule has 0 aliphatic carbocycles. The van der Waals surface area contributed by atoms with Gasteiger partial charge in [0.05, 0.1) is 23.1 Å². The molecule has 1 amide bonds. The minimum atomic E-state index is -3.72. The van der Waals surface area contributed by atoms with Crippen molar-refractivity contribution in [3.05, 3.63) is 29.5 Å². The van der Waals surface area contributed by atoms with Crippen molar-refractivity contribution in [1.82, 2.24) is 9.97 Å². The zero-order valence-corrected chi connectivity index (χ0v) is 13.9. The van der Waals surface area contributed by atoms with Gasteiger partial charge in [-0.05, 0) is 12.5 Å². The molecule has 0 bridgehead atoms. The van der Waals surface area contributed by atoms with Crippen LogP contribution in [0.3, 0.4) is 0 Å². The second-order valence-electron chi connectivity index (χ2n) is 5.38. The fraction of sp³-hybridized carbons (Fsp3) is 0.312. The number of ether oxygens (including phenoxy) is 2. The van der Waals surface area contributed by atoms with Gasteiger partial charge in [0, 0.05) is 18.1 Å². The molecule has 1 aliphatic heterocycles.